The zero-order valence-corrected chi connectivity index (χ0v) is 14.9. The van der Waals surface area contributed by atoms with Gasteiger partial charge in [0.2, 0.25) is 11.7 Å². The van der Waals surface area contributed by atoms with Crippen molar-refractivity contribution in [2.45, 2.75) is 38.5 Å². The van der Waals surface area contributed by atoms with Crippen LogP contribution in [-0.4, -0.2) is 27.8 Å². The van der Waals surface area contributed by atoms with Crippen molar-refractivity contribution in [3.8, 4) is 11.4 Å². The zero-order valence-electron chi connectivity index (χ0n) is 14.9. The van der Waals surface area contributed by atoms with Crippen molar-refractivity contribution < 1.29 is 4.52 Å². The first-order valence-electron chi connectivity index (χ1n) is 9.39. The lowest BCUT2D eigenvalue weighted by Gasteiger charge is -2.21. The quantitative estimate of drug-likeness (QED) is 0.692. The third-order valence-electron chi connectivity index (χ3n) is 5.28. The van der Waals surface area contributed by atoms with E-state index in [2.05, 4.69) is 38.4 Å². The van der Waals surface area contributed by atoms with Crippen molar-refractivity contribution in [1.82, 2.24) is 20.0 Å². The lowest BCUT2D eigenvalue weighted by atomic mass is 9.89. The zero-order chi connectivity index (χ0) is 17.1. The molecule has 0 aliphatic heterocycles. The molecular weight excluding hydrogens is 312 g/mol. The fourth-order valence-electron chi connectivity index (χ4n) is 3.88. The van der Waals surface area contributed by atoms with E-state index in [0.717, 1.165) is 36.4 Å². The third kappa shape index (κ3) is 3.61. The summed E-state index contributed by atoms with van der Waals surface area (Å²) in [7, 11) is 2.04. The van der Waals surface area contributed by atoms with E-state index in [9.17, 15) is 0 Å². The van der Waals surface area contributed by atoms with Gasteiger partial charge < -0.3 is 14.4 Å². The highest BCUT2D eigenvalue weighted by Gasteiger charge is 2.15. The summed E-state index contributed by atoms with van der Waals surface area (Å²) in [4.78, 5) is 4.60. The summed E-state index contributed by atoms with van der Waals surface area (Å²) in [6.45, 7) is 2.01. The molecule has 25 heavy (non-hydrogen) atoms. The smallest absolute Gasteiger partial charge is 0.228 e. The maximum absolute atomic E-state index is 5.46. The fourth-order valence-corrected chi connectivity index (χ4v) is 3.88. The van der Waals surface area contributed by atoms with Crippen LogP contribution in [-0.2, 0) is 13.5 Å². The Balaban J connectivity index is 1.37. The highest BCUT2D eigenvalue weighted by Crippen LogP contribution is 2.28. The third-order valence-corrected chi connectivity index (χ3v) is 5.28. The van der Waals surface area contributed by atoms with E-state index >= 15 is 0 Å². The van der Waals surface area contributed by atoms with Gasteiger partial charge in [-0.15, -0.1) is 0 Å². The van der Waals surface area contributed by atoms with Crippen molar-refractivity contribution >= 4 is 10.9 Å². The molecule has 5 nitrogen and oxygen atoms in total. The summed E-state index contributed by atoms with van der Waals surface area (Å²) in [6.07, 6.45) is 9.80. The van der Waals surface area contributed by atoms with E-state index in [-0.39, 0.29) is 0 Å². The van der Waals surface area contributed by atoms with Gasteiger partial charge in [0.25, 0.3) is 0 Å². The standard InChI is InChI=1S/C20H26N4O/c1-24-14-17(16-9-5-6-10-18(16)24)20-22-19(25-23-20)11-12-21-13-15-7-3-2-4-8-15/h5-6,9-10,14-15,21H,2-4,7-8,11-13H2,1H3. The Bertz CT molecular complexity index is 829. The molecule has 1 aromatic carbocycles. The molecule has 3 aromatic rings. The van der Waals surface area contributed by atoms with E-state index in [1.165, 1.54) is 37.6 Å². The van der Waals surface area contributed by atoms with Crippen LogP contribution in [0.5, 0.6) is 0 Å². The van der Waals surface area contributed by atoms with Crippen molar-refractivity contribution in [3.63, 3.8) is 0 Å². The SMILES string of the molecule is Cn1cc(-c2noc(CCNCC3CCCCC3)n2)c2ccccc21. The van der Waals surface area contributed by atoms with E-state index in [1.807, 2.05) is 19.2 Å². The Kier molecular flexibility index (Phi) is 4.83. The van der Waals surface area contributed by atoms with Gasteiger partial charge in [-0.05, 0) is 31.4 Å². The maximum atomic E-state index is 5.46. The average molecular weight is 338 g/mol. The summed E-state index contributed by atoms with van der Waals surface area (Å²) in [5.41, 5.74) is 2.21. The number of benzene rings is 1. The molecule has 0 radical (unpaired) electrons. The molecule has 1 aliphatic rings. The van der Waals surface area contributed by atoms with Crippen molar-refractivity contribution in [2.24, 2.45) is 13.0 Å². The molecule has 4 rings (SSSR count). The second-order valence-electron chi connectivity index (χ2n) is 7.14. The van der Waals surface area contributed by atoms with Gasteiger partial charge in [-0.1, -0.05) is 42.6 Å². The molecule has 1 aliphatic carbocycles. The second kappa shape index (κ2) is 7.40. The van der Waals surface area contributed by atoms with Crippen LogP contribution in [0, 0.1) is 5.92 Å². The molecule has 0 atom stereocenters. The number of fused-ring (bicyclic) bond motifs is 1. The van der Waals surface area contributed by atoms with Crippen LogP contribution < -0.4 is 5.32 Å². The minimum atomic E-state index is 0.680. The van der Waals surface area contributed by atoms with Crippen molar-refractivity contribution in [2.75, 3.05) is 13.1 Å². The largest absolute Gasteiger partial charge is 0.350 e. The van der Waals surface area contributed by atoms with Crippen molar-refractivity contribution in [3.05, 3.63) is 36.4 Å². The first kappa shape index (κ1) is 16.3. The summed E-state index contributed by atoms with van der Waals surface area (Å²) in [6, 6.07) is 8.30. The first-order valence-corrected chi connectivity index (χ1v) is 9.39. The minimum absolute atomic E-state index is 0.680. The van der Waals surface area contributed by atoms with Crippen molar-refractivity contribution in [1.29, 1.82) is 0 Å². The molecule has 0 unspecified atom stereocenters. The van der Waals surface area contributed by atoms with Crippen LogP contribution in [0.2, 0.25) is 0 Å². The Morgan fingerprint density at radius 2 is 2.04 bits per heavy atom. The van der Waals surface area contributed by atoms with Gasteiger partial charge in [-0.25, -0.2) is 0 Å². The molecule has 132 valence electrons. The minimum Gasteiger partial charge on any atom is -0.350 e. The Morgan fingerprint density at radius 1 is 1.20 bits per heavy atom. The molecule has 0 bridgehead atoms. The van der Waals surface area contributed by atoms with Gasteiger partial charge in [0, 0.05) is 42.7 Å². The van der Waals surface area contributed by atoms with Gasteiger partial charge >= 0.3 is 0 Å². The number of hydrogen-bond acceptors (Lipinski definition) is 4. The summed E-state index contributed by atoms with van der Waals surface area (Å²) in [5.74, 6) is 2.24. The summed E-state index contributed by atoms with van der Waals surface area (Å²) < 4.78 is 7.56. The molecule has 5 heteroatoms. The number of aryl methyl sites for hydroxylation is 1. The Morgan fingerprint density at radius 3 is 2.92 bits per heavy atom. The van der Waals surface area contributed by atoms with E-state index < -0.39 is 0 Å². The molecule has 1 N–H and O–H groups in total. The maximum Gasteiger partial charge on any atom is 0.228 e. The van der Waals surface area contributed by atoms with Gasteiger partial charge in [0.1, 0.15) is 0 Å². The van der Waals surface area contributed by atoms with Crippen LogP contribution in [0.3, 0.4) is 0 Å². The van der Waals surface area contributed by atoms with Crippen LogP contribution in [0.4, 0.5) is 0 Å². The number of para-hydroxylation sites is 1. The predicted octanol–water partition coefficient (Wildman–Crippen LogP) is 3.94. The Labute approximate surface area is 148 Å². The lowest BCUT2D eigenvalue weighted by Crippen LogP contribution is -2.26. The topological polar surface area (TPSA) is 55.9 Å². The molecule has 1 saturated carbocycles. The molecule has 2 aromatic heterocycles. The average Bonchev–Trinajstić information content (AvgIpc) is 3.25. The van der Waals surface area contributed by atoms with E-state index in [1.54, 1.807) is 0 Å². The highest BCUT2D eigenvalue weighted by molar-refractivity contribution is 5.94. The monoisotopic (exact) mass is 338 g/mol. The number of aromatic nitrogens is 3. The van der Waals surface area contributed by atoms with Crippen LogP contribution in [0.1, 0.15) is 38.0 Å². The molecule has 1 fully saturated rings. The molecule has 0 amide bonds. The van der Waals surface area contributed by atoms with E-state index in [4.69, 9.17) is 4.52 Å². The number of nitrogens with zero attached hydrogens (tertiary/aromatic N) is 3. The second-order valence-corrected chi connectivity index (χ2v) is 7.14. The van der Waals surface area contributed by atoms with Crippen LogP contribution in [0.15, 0.2) is 35.0 Å². The lowest BCUT2D eigenvalue weighted by molar-refractivity contribution is 0.337. The Hall–Kier alpha value is -2.14. The van der Waals surface area contributed by atoms with Gasteiger partial charge in [-0.2, -0.15) is 4.98 Å². The molecular formula is C20H26N4O. The number of rotatable bonds is 6. The summed E-state index contributed by atoms with van der Waals surface area (Å²) in [5, 5.41) is 8.91. The number of hydrogen-bond donors (Lipinski definition) is 1. The van der Waals surface area contributed by atoms with Gasteiger partial charge in [0.15, 0.2) is 0 Å². The first-order chi connectivity index (χ1) is 12.3. The fraction of sp³-hybridized carbons (Fsp3) is 0.500. The van der Waals surface area contributed by atoms with E-state index in [0.29, 0.717) is 11.7 Å². The van der Waals surface area contributed by atoms with Gasteiger partial charge in [0.05, 0.1) is 0 Å². The normalized spacial score (nSPS) is 15.9. The van der Waals surface area contributed by atoms with Gasteiger partial charge in [-0.3, -0.25) is 0 Å². The van der Waals surface area contributed by atoms with Crippen LogP contribution >= 0.6 is 0 Å². The highest BCUT2D eigenvalue weighted by atomic mass is 16.5. The molecule has 2 heterocycles. The predicted molar refractivity (Wildman–Crippen MR) is 99.4 cm³/mol. The summed E-state index contributed by atoms with van der Waals surface area (Å²) >= 11 is 0. The molecule has 0 saturated heterocycles. The molecule has 0 spiro atoms. The number of nitrogens with one attached hydrogen (secondary N) is 1. The van der Waals surface area contributed by atoms with Crippen LogP contribution in [0.25, 0.3) is 22.3 Å².